The average molecular weight is 212 g/mol. The molecule has 1 amide bonds. The van der Waals surface area contributed by atoms with E-state index in [1.165, 1.54) is 0 Å². The fourth-order valence-corrected chi connectivity index (χ4v) is 1.02. The van der Waals surface area contributed by atoms with Crippen molar-refractivity contribution in [3.63, 3.8) is 0 Å². The molecule has 2 N–H and O–H groups in total. The lowest BCUT2D eigenvalue weighted by Crippen LogP contribution is -2.35. The second-order valence-electron chi connectivity index (χ2n) is 3.18. The van der Waals surface area contributed by atoms with E-state index in [9.17, 15) is 4.79 Å². The summed E-state index contributed by atoms with van der Waals surface area (Å²) in [5.74, 6) is 2.59. The van der Waals surface area contributed by atoms with Crippen molar-refractivity contribution in [2.45, 2.75) is 19.3 Å². The maximum atomic E-state index is 11.2. The zero-order chi connectivity index (χ0) is 11.4. The summed E-state index contributed by atoms with van der Waals surface area (Å²) in [6, 6.07) is 0. The van der Waals surface area contributed by atoms with Gasteiger partial charge in [-0.25, -0.2) is 0 Å². The van der Waals surface area contributed by atoms with Gasteiger partial charge in [0.2, 0.25) is 5.91 Å². The third-order valence-electron chi connectivity index (χ3n) is 1.84. The highest BCUT2D eigenvalue weighted by molar-refractivity contribution is 5.77. The van der Waals surface area contributed by atoms with E-state index < -0.39 is 0 Å². The molecular weight excluding hydrogens is 192 g/mol. The first-order valence-corrected chi connectivity index (χ1v) is 5.21. The van der Waals surface area contributed by atoms with E-state index in [1.807, 2.05) is 0 Å². The number of rotatable bonds is 9. The Kier molecular flexibility index (Phi) is 10.3. The van der Waals surface area contributed by atoms with Crippen LogP contribution in [-0.4, -0.2) is 39.3 Å². The first-order valence-electron chi connectivity index (χ1n) is 5.21. The Labute approximate surface area is 91.8 Å². The molecule has 0 unspecified atom stereocenters. The summed E-state index contributed by atoms with van der Waals surface area (Å²) in [6.45, 7) is 2.36. The Bertz CT molecular complexity index is 199. The van der Waals surface area contributed by atoms with Crippen LogP contribution in [0.1, 0.15) is 19.3 Å². The number of unbranched alkanes of at least 4 members (excludes halogenated alkanes) is 2. The van der Waals surface area contributed by atoms with E-state index in [0.29, 0.717) is 26.2 Å². The van der Waals surface area contributed by atoms with Crippen molar-refractivity contribution in [2.75, 3.05) is 33.4 Å². The highest BCUT2D eigenvalue weighted by atomic mass is 16.5. The van der Waals surface area contributed by atoms with Crippen molar-refractivity contribution in [2.24, 2.45) is 0 Å². The van der Waals surface area contributed by atoms with E-state index in [0.717, 1.165) is 19.3 Å². The molecule has 0 aliphatic carbocycles. The average Bonchev–Trinajstić information content (AvgIpc) is 2.24. The van der Waals surface area contributed by atoms with Crippen LogP contribution >= 0.6 is 0 Å². The van der Waals surface area contributed by atoms with Gasteiger partial charge >= 0.3 is 0 Å². The number of nitrogens with one attached hydrogen (secondary N) is 2. The van der Waals surface area contributed by atoms with Crippen LogP contribution < -0.4 is 10.6 Å². The van der Waals surface area contributed by atoms with Crippen molar-refractivity contribution in [3.8, 4) is 12.3 Å². The third-order valence-corrected chi connectivity index (χ3v) is 1.84. The zero-order valence-corrected chi connectivity index (χ0v) is 9.34. The van der Waals surface area contributed by atoms with Crippen LogP contribution in [0.5, 0.6) is 0 Å². The van der Waals surface area contributed by atoms with Crippen LogP contribution in [0.4, 0.5) is 0 Å². The summed E-state index contributed by atoms with van der Waals surface area (Å²) in [5, 5.41) is 5.78. The minimum Gasteiger partial charge on any atom is -0.383 e. The van der Waals surface area contributed by atoms with Crippen molar-refractivity contribution in [1.29, 1.82) is 0 Å². The van der Waals surface area contributed by atoms with Crippen LogP contribution in [0.2, 0.25) is 0 Å². The van der Waals surface area contributed by atoms with Crippen molar-refractivity contribution < 1.29 is 9.53 Å². The van der Waals surface area contributed by atoms with E-state index in [2.05, 4.69) is 16.6 Å². The minimum absolute atomic E-state index is 0.0202. The molecule has 0 fully saturated rings. The first kappa shape index (κ1) is 13.9. The maximum Gasteiger partial charge on any atom is 0.233 e. The quantitative estimate of drug-likeness (QED) is 0.422. The molecule has 86 valence electrons. The van der Waals surface area contributed by atoms with Crippen LogP contribution in [0.25, 0.3) is 0 Å². The maximum absolute atomic E-state index is 11.2. The molecule has 0 aliphatic heterocycles. The van der Waals surface area contributed by atoms with E-state index in [4.69, 9.17) is 11.2 Å². The number of methoxy groups -OCH3 is 1. The van der Waals surface area contributed by atoms with Gasteiger partial charge in [-0.05, 0) is 12.8 Å². The summed E-state index contributed by atoms with van der Waals surface area (Å²) >= 11 is 0. The standard InChI is InChI=1S/C11H20N2O2/c1-3-4-5-6-7-13-11(14)10-12-8-9-15-2/h1,12H,4-10H2,2H3,(H,13,14). The number of terminal acetylenes is 1. The van der Waals surface area contributed by atoms with Gasteiger partial charge in [-0.1, -0.05) is 0 Å². The summed E-state index contributed by atoms with van der Waals surface area (Å²) in [4.78, 5) is 11.2. The molecule has 0 rings (SSSR count). The minimum atomic E-state index is 0.0202. The largest absolute Gasteiger partial charge is 0.383 e. The second kappa shape index (κ2) is 11.0. The van der Waals surface area contributed by atoms with Gasteiger partial charge < -0.3 is 15.4 Å². The van der Waals surface area contributed by atoms with E-state index in [1.54, 1.807) is 7.11 Å². The number of amides is 1. The van der Waals surface area contributed by atoms with Crippen molar-refractivity contribution in [1.82, 2.24) is 10.6 Å². The molecule has 0 aliphatic rings. The van der Waals surface area contributed by atoms with Gasteiger partial charge in [0.15, 0.2) is 0 Å². The van der Waals surface area contributed by atoms with Gasteiger partial charge in [-0.15, -0.1) is 12.3 Å². The third kappa shape index (κ3) is 10.9. The van der Waals surface area contributed by atoms with Crippen LogP contribution in [0, 0.1) is 12.3 Å². The SMILES string of the molecule is C#CCCCCNC(=O)CNCCOC. The molecular formula is C11H20N2O2. The Hall–Kier alpha value is -1.05. The summed E-state index contributed by atoms with van der Waals surface area (Å²) < 4.78 is 4.84. The fourth-order valence-electron chi connectivity index (χ4n) is 1.02. The molecule has 0 bridgehead atoms. The molecule has 0 heterocycles. The summed E-state index contributed by atoms with van der Waals surface area (Å²) in [7, 11) is 1.63. The molecule has 4 nitrogen and oxygen atoms in total. The van der Waals surface area contributed by atoms with Gasteiger partial charge in [0.25, 0.3) is 0 Å². The van der Waals surface area contributed by atoms with Crippen LogP contribution in [0.3, 0.4) is 0 Å². The first-order chi connectivity index (χ1) is 7.31. The predicted molar refractivity (Wildman–Crippen MR) is 60.4 cm³/mol. The molecule has 0 saturated heterocycles. The lowest BCUT2D eigenvalue weighted by molar-refractivity contribution is -0.120. The topological polar surface area (TPSA) is 50.4 Å². The molecule has 0 aromatic carbocycles. The predicted octanol–water partition coefficient (Wildman–Crippen LogP) is 0.142. The van der Waals surface area contributed by atoms with E-state index in [-0.39, 0.29) is 5.91 Å². The van der Waals surface area contributed by atoms with Gasteiger partial charge in [-0.3, -0.25) is 4.79 Å². The number of hydrogen-bond donors (Lipinski definition) is 2. The zero-order valence-electron chi connectivity index (χ0n) is 9.34. The second-order valence-corrected chi connectivity index (χ2v) is 3.18. The monoisotopic (exact) mass is 212 g/mol. The Morgan fingerprint density at radius 2 is 2.20 bits per heavy atom. The Morgan fingerprint density at radius 3 is 2.87 bits per heavy atom. The fraction of sp³-hybridized carbons (Fsp3) is 0.727. The van der Waals surface area contributed by atoms with Crippen molar-refractivity contribution >= 4 is 5.91 Å². The Balaban J connectivity index is 3.16. The summed E-state index contributed by atoms with van der Waals surface area (Å²) in [5.41, 5.74) is 0. The molecule has 0 saturated carbocycles. The lowest BCUT2D eigenvalue weighted by atomic mass is 10.2. The molecule has 0 spiro atoms. The van der Waals surface area contributed by atoms with Gasteiger partial charge in [-0.2, -0.15) is 0 Å². The molecule has 4 heteroatoms. The smallest absolute Gasteiger partial charge is 0.233 e. The summed E-state index contributed by atoms with van der Waals surface area (Å²) in [6.07, 6.45) is 7.79. The number of carbonyl (C=O) groups excluding carboxylic acids is 1. The molecule has 0 radical (unpaired) electrons. The molecule has 15 heavy (non-hydrogen) atoms. The molecule has 0 aromatic heterocycles. The molecule has 0 aromatic rings. The number of carbonyl (C=O) groups is 1. The van der Waals surface area contributed by atoms with Crippen LogP contribution in [-0.2, 0) is 9.53 Å². The van der Waals surface area contributed by atoms with Crippen molar-refractivity contribution in [3.05, 3.63) is 0 Å². The normalized spacial score (nSPS) is 9.60. The number of ether oxygens (including phenoxy) is 1. The van der Waals surface area contributed by atoms with Gasteiger partial charge in [0, 0.05) is 26.6 Å². The van der Waals surface area contributed by atoms with Gasteiger partial charge in [0.05, 0.1) is 13.2 Å². The highest BCUT2D eigenvalue weighted by Crippen LogP contribution is 1.90. The Morgan fingerprint density at radius 1 is 1.40 bits per heavy atom. The van der Waals surface area contributed by atoms with Crippen LogP contribution in [0.15, 0.2) is 0 Å². The van der Waals surface area contributed by atoms with E-state index >= 15 is 0 Å². The number of hydrogen-bond acceptors (Lipinski definition) is 3. The van der Waals surface area contributed by atoms with Gasteiger partial charge in [0.1, 0.15) is 0 Å². The molecule has 0 atom stereocenters. The lowest BCUT2D eigenvalue weighted by Gasteiger charge is -2.05. The highest BCUT2D eigenvalue weighted by Gasteiger charge is 1.98.